The van der Waals surface area contributed by atoms with Crippen LogP contribution in [0.15, 0.2) is 188 Å². The monoisotopic (exact) mass is 689 g/mol. The van der Waals surface area contributed by atoms with Gasteiger partial charge in [-0.25, -0.2) is 15.0 Å². The highest BCUT2D eigenvalue weighted by molar-refractivity contribution is 5.91. The van der Waals surface area contributed by atoms with E-state index in [1.165, 1.54) is 27.6 Å². The Hall–Kier alpha value is -7.17. The molecule has 0 N–H and O–H groups in total. The second kappa shape index (κ2) is 11.9. The molecule has 8 aromatic carbocycles. The van der Waals surface area contributed by atoms with Crippen molar-refractivity contribution >= 4 is 10.8 Å². The molecule has 0 atom stereocenters. The maximum Gasteiger partial charge on any atom is 0.164 e. The minimum absolute atomic E-state index is 0.509. The number of hydrogen-bond donors (Lipinski definition) is 0. The molecule has 1 aliphatic heterocycles. The van der Waals surface area contributed by atoms with E-state index in [2.05, 4.69) is 158 Å². The second-order valence-electron chi connectivity index (χ2n) is 13.9. The molecule has 0 radical (unpaired) electrons. The molecular formula is C50H31N3O. The molecule has 0 amide bonds. The topological polar surface area (TPSA) is 47.9 Å². The SMILES string of the molecule is c1ccc(-c2nc(-c3ccc(-c4cccc5c4Oc4ccccc4C54c5ccccc5-c5ccccc54)cc3)nc(-c3ccc4ccccc4c3)n2)cc1. The van der Waals surface area contributed by atoms with Crippen LogP contribution in [-0.2, 0) is 5.41 Å². The summed E-state index contributed by atoms with van der Waals surface area (Å²) in [6, 6.07) is 66.1. The van der Waals surface area contributed by atoms with Gasteiger partial charge in [0.1, 0.15) is 11.5 Å². The summed E-state index contributed by atoms with van der Waals surface area (Å²) < 4.78 is 6.92. The van der Waals surface area contributed by atoms with Crippen LogP contribution in [0.3, 0.4) is 0 Å². The van der Waals surface area contributed by atoms with E-state index in [9.17, 15) is 0 Å². The molecule has 0 fully saturated rings. The summed E-state index contributed by atoms with van der Waals surface area (Å²) in [6.45, 7) is 0. The molecule has 4 nitrogen and oxygen atoms in total. The first-order valence-electron chi connectivity index (χ1n) is 18.3. The van der Waals surface area contributed by atoms with Gasteiger partial charge >= 0.3 is 0 Å². The van der Waals surface area contributed by atoms with E-state index in [1.807, 2.05) is 30.3 Å². The molecular weight excluding hydrogens is 659 g/mol. The van der Waals surface area contributed by atoms with Crippen LogP contribution in [0.5, 0.6) is 11.5 Å². The highest BCUT2D eigenvalue weighted by atomic mass is 16.5. The van der Waals surface area contributed by atoms with Gasteiger partial charge in [-0.3, -0.25) is 0 Å². The molecule has 0 bridgehead atoms. The lowest BCUT2D eigenvalue weighted by Gasteiger charge is -2.40. The van der Waals surface area contributed by atoms with Crippen molar-refractivity contribution in [2.24, 2.45) is 0 Å². The van der Waals surface area contributed by atoms with Gasteiger partial charge in [0.15, 0.2) is 17.5 Å². The van der Waals surface area contributed by atoms with Gasteiger partial charge in [0.25, 0.3) is 0 Å². The van der Waals surface area contributed by atoms with Crippen molar-refractivity contribution in [2.45, 2.75) is 5.41 Å². The van der Waals surface area contributed by atoms with Gasteiger partial charge in [-0.15, -0.1) is 0 Å². The summed E-state index contributed by atoms with van der Waals surface area (Å²) in [7, 11) is 0. The van der Waals surface area contributed by atoms with Gasteiger partial charge in [0.2, 0.25) is 0 Å². The fourth-order valence-electron chi connectivity index (χ4n) is 8.58. The Morgan fingerprint density at radius 1 is 0.333 bits per heavy atom. The highest BCUT2D eigenvalue weighted by Gasteiger charge is 2.51. The fraction of sp³-hybridized carbons (Fsp3) is 0.0200. The van der Waals surface area contributed by atoms with Gasteiger partial charge in [-0.1, -0.05) is 176 Å². The average Bonchev–Trinajstić information content (AvgIpc) is 3.54. The van der Waals surface area contributed by atoms with Crippen molar-refractivity contribution in [1.29, 1.82) is 0 Å². The number of rotatable bonds is 4. The first kappa shape index (κ1) is 30.5. The van der Waals surface area contributed by atoms with Crippen molar-refractivity contribution < 1.29 is 4.74 Å². The number of fused-ring (bicyclic) bond motifs is 10. The van der Waals surface area contributed by atoms with Gasteiger partial charge in [0.05, 0.1) is 5.41 Å². The number of hydrogen-bond acceptors (Lipinski definition) is 4. The maximum absolute atomic E-state index is 6.92. The van der Waals surface area contributed by atoms with Crippen LogP contribution in [0.2, 0.25) is 0 Å². The Bertz CT molecular complexity index is 2870. The molecule has 252 valence electrons. The van der Waals surface area contributed by atoms with Crippen LogP contribution in [0.4, 0.5) is 0 Å². The third-order valence-electron chi connectivity index (χ3n) is 11.0. The molecule has 1 aromatic heterocycles. The van der Waals surface area contributed by atoms with Crippen molar-refractivity contribution in [2.75, 3.05) is 0 Å². The van der Waals surface area contributed by atoms with E-state index in [1.54, 1.807) is 0 Å². The fourth-order valence-corrected chi connectivity index (χ4v) is 8.58. The van der Waals surface area contributed by atoms with Crippen LogP contribution < -0.4 is 4.74 Å². The smallest absolute Gasteiger partial charge is 0.164 e. The van der Waals surface area contributed by atoms with Gasteiger partial charge in [-0.2, -0.15) is 0 Å². The lowest BCUT2D eigenvalue weighted by atomic mass is 9.65. The van der Waals surface area contributed by atoms with Crippen LogP contribution in [0.25, 0.3) is 67.2 Å². The molecule has 0 saturated carbocycles. The molecule has 1 aliphatic carbocycles. The highest BCUT2D eigenvalue weighted by Crippen LogP contribution is 2.63. The summed E-state index contributed by atoms with van der Waals surface area (Å²) in [4.78, 5) is 15.0. The minimum Gasteiger partial charge on any atom is -0.456 e. The number of benzene rings is 8. The number of aromatic nitrogens is 3. The number of para-hydroxylation sites is 2. The Kier molecular flexibility index (Phi) is 6.73. The summed E-state index contributed by atoms with van der Waals surface area (Å²) in [5.74, 6) is 3.65. The normalized spacial score (nSPS) is 13.1. The third-order valence-corrected chi connectivity index (χ3v) is 11.0. The van der Waals surface area contributed by atoms with Crippen molar-refractivity contribution in [3.05, 3.63) is 210 Å². The van der Waals surface area contributed by atoms with E-state index in [-0.39, 0.29) is 0 Å². The van der Waals surface area contributed by atoms with Gasteiger partial charge < -0.3 is 4.74 Å². The molecule has 2 heterocycles. The molecule has 2 aliphatic rings. The molecule has 9 aromatic rings. The first-order valence-corrected chi connectivity index (χ1v) is 18.3. The standard InChI is InChI=1S/C50H31N3O/c1-2-14-34(15-3-1)47-51-48(53-49(52-47)37-30-25-32-13-4-5-16-36(32)31-37)35-28-26-33(27-29-35)38-19-12-23-44-46(38)54-45-24-11-10-22-43(45)50(44)41-20-8-6-17-39(41)40-18-7-9-21-42(40)50/h1-31H. The van der Waals surface area contributed by atoms with Crippen molar-refractivity contribution in [3.63, 3.8) is 0 Å². The summed E-state index contributed by atoms with van der Waals surface area (Å²) in [5.41, 5.74) is 11.8. The zero-order valence-corrected chi connectivity index (χ0v) is 29.1. The van der Waals surface area contributed by atoms with E-state index in [0.717, 1.165) is 55.8 Å². The van der Waals surface area contributed by atoms with E-state index in [0.29, 0.717) is 17.5 Å². The van der Waals surface area contributed by atoms with E-state index < -0.39 is 5.41 Å². The average molecular weight is 690 g/mol. The zero-order valence-electron chi connectivity index (χ0n) is 29.1. The van der Waals surface area contributed by atoms with Crippen molar-refractivity contribution in [1.82, 2.24) is 15.0 Å². The third kappa shape index (κ3) is 4.53. The zero-order chi connectivity index (χ0) is 35.6. The lowest BCUT2D eigenvalue weighted by molar-refractivity contribution is 0.438. The van der Waals surface area contributed by atoms with Crippen LogP contribution >= 0.6 is 0 Å². The Balaban J connectivity index is 1.05. The molecule has 54 heavy (non-hydrogen) atoms. The quantitative estimate of drug-likeness (QED) is 0.185. The van der Waals surface area contributed by atoms with Crippen LogP contribution in [0.1, 0.15) is 22.3 Å². The van der Waals surface area contributed by atoms with Crippen LogP contribution in [0, 0.1) is 0 Å². The molecule has 1 spiro atoms. The Labute approximate surface area is 313 Å². The van der Waals surface area contributed by atoms with Crippen molar-refractivity contribution in [3.8, 4) is 67.9 Å². The van der Waals surface area contributed by atoms with Crippen LogP contribution in [-0.4, -0.2) is 15.0 Å². The van der Waals surface area contributed by atoms with E-state index in [4.69, 9.17) is 19.7 Å². The maximum atomic E-state index is 6.92. The Morgan fingerprint density at radius 3 is 1.56 bits per heavy atom. The first-order chi connectivity index (χ1) is 26.8. The Morgan fingerprint density at radius 2 is 0.833 bits per heavy atom. The minimum atomic E-state index is -0.509. The molecule has 0 saturated heterocycles. The molecule has 4 heteroatoms. The molecule has 0 unspecified atom stereocenters. The summed E-state index contributed by atoms with van der Waals surface area (Å²) in [6.07, 6.45) is 0. The van der Waals surface area contributed by atoms with Gasteiger partial charge in [-0.05, 0) is 50.7 Å². The second-order valence-corrected chi connectivity index (χ2v) is 13.9. The summed E-state index contributed by atoms with van der Waals surface area (Å²) >= 11 is 0. The van der Waals surface area contributed by atoms with E-state index >= 15 is 0 Å². The predicted octanol–water partition coefficient (Wildman–Crippen LogP) is 12.2. The largest absolute Gasteiger partial charge is 0.456 e. The lowest BCUT2D eigenvalue weighted by Crippen LogP contribution is -2.32. The molecule has 11 rings (SSSR count). The predicted molar refractivity (Wildman–Crippen MR) is 216 cm³/mol. The summed E-state index contributed by atoms with van der Waals surface area (Å²) in [5, 5.41) is 2.32. The van der Waals surface area contributed by atoms with Gasteiger partial charge in [0, 0.05) is 33.4 Å². The number of ether oxygens (including phenoxy) is 1. The number of nitrogens with zero attached hydrogens (tertiary/aromatic N) is 3.